The van der Waals surface area contributed by atoms with Crippen LogP contribution in [0.25, 0.3) is 0 Å². The number of carbonyl (C=O) groups excluding carboxylic acids is 1. The molecule has 2 aromatic carbocycles. The Hall–Kier alpha value is -1.64. The van der Waals surface area contributed by atoms with Crippen molar-refractivity contribution in [1.82, 2.24) is 0 Å². The van der Waals surface area contributed by atoms with Gasteiger partial charge in [-0.1, -0.05) is 65.2 Å². The molecule has 0 amide bonds. The number of fused-ring (bicyclic) bond motifs is 1. The quantitative estimate of drug-likeness (QED) is 0.714. The molecule has 2 aromatic rings. The van der Waals surface area contributed by atoms with Crippen molar-refractivity contribution in [2.24, 2.45) is 4.99 Å². The summed E-state index contributed by atoms with van der Waals surface area (Å²) in [7, 11) is 0. The number of aryl methyl sites for hydroxylation is 1. The normalized spacial score (nSPS) is 16.6. The molecule has 0 bridgehead atoms. The topological polar surface area (TPSA) is 29.4 Å². The number of halogens is 2. The highest BCUT2D eigenvalue weighted by atomic mass is 35.5. The number of hydrogen-bond donors (Lipinski definition) is 0. The van der Waals surface area contributed by atoms with Crippen molar-refractivity contribution in [3.05, 3.63) is 65.2 Å². The summed E-state index contributed by atoms with van der Waals surface area (Å²) in [4.78, 5) is 17.0. The van der Waals surface area contributed by atoms with Crippen LogP contribution in [0.4, 0.5) is 5.69 Å². The van der Waals surface area contributed by atoms with Gasteiger partial charge in [0.15, 0.2) is 0 Å². The van der Waals surface area contributed by atoms with Crippen molar-refractivity contribution in [3.8, 4) is 0 Å². The van der Waals surface area contributed by atoms with E-state index in [1.807, 2.05) is 49.4 Å². The standard InChI is InChI=1S/C16H11Cl2NO/c1-10-7-8-13-12(9-10)15(20)16(17,18)14(19-13)11-5-3-2-4-6-11/h2-9H,1H3. The molecule has 0 unspecified atom stereocenters. The molecule has 20 heavy (non-hydrogen) atoms. The fourth-order valence-electron chi connectivity index (χ4n) is 2.24. The molecule has 1 heterocycles. The Morgan fingerprint density at radius 1 is 1.05 bits per heavy atom. The minimum Gasteiger partial charge on any atom is -0.290 e. The summed E-state index contributed by atoms with van der Waals surface area (Å²) in [5, 5.41) is 0. The number of aliphatic imine (C=N–C) groups is 1. The van der Waals surface area contributed by atoms with Gasteiger partial charge in [0.25, 0.3) is 0 Å². The molecule has 1 aliphatic heterocycles. The molecular formula is C16H11Cl2NO. The Labute approximate surface area is 127 Å². The van der Waals surface area contributed by atoms with E-state index in [-0.39, 0.29) is 5.78 Å². The average Bonchev–Trinajstić information content (AvgIpc) is 2.44. The zero-order valence-corrected chi connectivity index (χ0v) is 12.2. The molecule has 0 saturated carbocycles. The Balaban J connectivity index is 2.24. The lowest BCUT2D eigenvalue weighted by atomic mass is 9.94. The molecule has 2 nitrogen and oxygen atoms in total. The molecule has 4 heteroatoms. The Morgan fingerprint density at radius 2 is 1.75 bits per heavy atom. The number of nitrogens with zero attached hydrogens (tertiary/aromatic N) is 1. The van der Waals surface area contributed by atoms with Crippen LogP contribution in [-0.4, -0.2) is 15.8 Å². The molecule has 0 saturated heterocycles. The minimum absolute atomic E-state index is 0.326. The Kier molecular flexibility index (Phi) is 3.15. The van der Waals surface area contributed by atoms with Gasteiger partial charge in [0, 0.05) is 5.56 Å². The molecule has 3 rings (SSSR count). The third-order valence-corrected chi connectivity index (χ3v) is 3.96. The summed E-state index contributed by atoms with van der Waals surface area (Å²) < 4.78 is -1.65. The molecule has 0 spiro atoms. The summed E-state index contributed by atoms with van der Waals surface area (Å²) in [5.74, 6) is -0.326. The van der Waals surface area contributed by atoms with E-state index in [4.69, 9.17) is 23.2 Å². The van der Waals surface area contributed by atoms with Crippen molar-refractivity contribution in [1.29, 1.82) is 0 Å². The van der Waals surface area contributed by atoms with E-state index in [1.165, 1.54) is 0 Å². The summed E-state index contributed by atoms with van der Waals surface area (Å²) in [6.45, 7) is 1.91. The first-order valence-electron chi connectivity index (χ1n) is 6.18. The van der Waals surface area contributed by atoms with Crippen LogP contribution in [0.3, 0.4) is 0 Å². The number of hydrogen-bond acceptors (Lipinski definition) is 2. The summed E-state index contributed by atoms with van der Waals surface area (Å²) >= 11 is 12.6. The third-order valence-electron chi connectivity index (χ3n) is 3.26. The highest BCUT2D eigenvalue weighted by Crippen LogP contribution is 2.39. The van der Waals surface area contributed by atoms with Gasteiger partial charge < -0.3 is 0 Å². The van der Waals surface area contributed by atoms with Crippen LogP contribution in [0.5, 0.6) is 0 Å². The van der Waals surface area contributed by atoms with E-state index in [1.54, 1.807) is 6.07 Å². The van der Waals surface area contributed by atoms with E-state index in [2.05, 4.69) is 4.99 Å². The number of carbonyl (C=O) groups is 1. The maximum Gasteiger partial charge on any atom is 0.222 e. The second kappa shape index (κ2) is 4.72. The maximum atomic E-state index is 12.5. The van der Waals surface area contributed by atoms with Gasteiger partial charge in [-0.25, -0.2) is 4.99 Å². The van der Waals surface area contributed by atoms with E-state index >= 15 is 0 Å². The first-order valence-corrected chi connectivity index (χ1v) is 6.93. The van der Waals surface area contributed by atoms with Crippen LogP contribution >= 0.6 is 23.2 Å². The van der Waals surface area contributed by atoms with E-state index in [0.29, 0.717) is 17.0 Å². The highest BCUT2D eigenvalue weighted by molar-refractivity contribution is 6.72. The number of rotatable bonds is 1. The van der Waals surface area contributed by atoms with Gasteiger partial charge in [-0.05, 0) is 24.6 Å². The van der Waals surface area contributed by atoms with Gasteiger partial charge in [-0.2, -0.15) is 0 Å². The molecule has 0 aliphatic carbocycles. The fourth-order valence-corrected chi connectivity index (χ4v) is 2.74. The number of Topliss-reactive ketones (excluding diaryl/α,β-unsaturated/α-hetero) is 1. The SMILES string of the molecule is Cc1ccc2c(c1)C(=O)C(Cl)(Cl)C(c1ccccc1)=N2. The molecule has 0 N–H and O–H groups in total. The zero-order valence-electron chi connectivity index (χ0n) is 10.7. The third kappa shape index (κ3) is 2.05. The van der Waals surface area contributed by atoms with E-state index in [0.717, 1.165) is 11.1 Å². The Morgan fingerprint density at radius 3 is 2.45 bits per heavy atom. The van der Waals surface area contributed by atoms with Gasteiger partial charge in [0.1, 0.15) is 0 Å². The van der Waals surface area contributed by atoms with Crippen molar-refractivity contribution in [2.45, 2.75) is 11.3 Å². The molecule has 0 atom stereocenters. The Bertz CT molecular complexity index is 721. The predicted octanol–water partition coefficient (Wildman–Crippen LogP) is 4.49. The molecular weight excluding hydrogens is 293 g/mol. The number of benzene rings is 2. The molecule has 0 aromatic heterocycles. The summed E-state index contributed by atoms with van der Waals surface area (Å²) in [6.07, 6.45) is 0. The van der Waals surface area contributed by atoms with Gasteiger partial charge in [0.05, 0.1) is 11.4 Å². The lowest BCUT2D eigenvalue weighted by molar-refractivity contribution is 0.0991. The van der Waals surface area contributed by atoms with Gasteiger partial charge in [0.2, 0.25) is 10.1 Å². The second-order valence-corrected chi connectivity index (χ2v) is 6.08. The maximum absolute atomic E-state index is 12.5. The minimum atomic E-state index is -1.65. The van der Waals surface area contributed by atoms with Crippen LogP contribution in [0, 0.1) is 6.92 Å². The van der Waals surface area contributed by atoms with Crippen LogP contribution in [0.1, 0.15) is 21.5 Å². The van der Waals surface area contributed by atoms with E-state index < -0.39 is 4.33 Å². The van der Waals surface area contributed by atoms with Crippen molar-refractivity contribution < 1.29 is 4.79 Å². The molecule has 0 fully saturated rings. The van der Waals surface area contributed by atoms with Crippen LogP contribution in [0.2, 0.25) is 0 Å². The van der Waals surface area contributed by atoms with Crippen LogP contribution < -0.4 is 0 Å². The van der Waals surface area contributed by atoms with Crippen molar-refractivity contribution in [3.63, 3.8) is 0 Å². The predicted molar refractivity (Wildman–Crippen MR) is 82.6 cm³/mol. The molecule has 0 radical (unpaired) electrons. The number of alkyl halides is 2. The van der Waals surface area contributed by atoms with Crippen LogP contribution in [-0.2, 0) is 0 Å². The summed E-state index contributed by atoms with van der Waals surface area (Å²) in [5.41, 5.74) is 3.17. The molecule has 100 valence electrons. The lowest BCUT2D eigenvalue weighted by Crippen LogP contribution is -2.38. The second-order valence-electron chi connectivity index (χ2n) is 4.75. The first kappa shape index (κ1) is 13.3. The van der Waals surface area contributed by atoms with Crippen molar-refractivity contribution in [2.75, 3.05) is 0 Å². The largest absolute Gasteiger partial charge is 0.290 e. The van der Waals surface area contributed by atoms with Crippen molar-refractivity contribution >= 4 is 40.4 Å². The van der Waals surface area contributed by atoms with E-state index in [9.17, 15) is 4.79 Å². The lowest BCUT2D eigenvalue weighted by Gasteiger charge is -2.26. The highest BCUT2D eigenvalue weighted by Gasteiger charge is 2.44. The molecule has 1 aliphatic rings. The monoisotopic (exact) mass is 303 g/mol. The smallest absolute Gasteiger partial charge is 0.222 e. The first-order chi connectivity index (χ1) is 9.50. The van der Waals surface area contributed by atoms with Gasteiger partial charge in [-0.15, -0.1) is 0 Å². The average molecular weight is 304 g/mol. The van der Waals surface area contributed by atoms with Gasteiger partial charge in [-0.3, -0.25) is 4.79 Å². The fraction of sp³-hybridized carbons (Fsp3) is 0.125. The summed E-state index contributed by atoms with van der Waals surface area (Å²) in [6, 6.07) is 14.8. The zero-order chi connectivity index (χ0) is 14.3. The van der Waals surface area contributed by atoms with Crippen LogP contribution in [0.15, 0.2) is 53.5 Å². The van der Waals surface area contributed by atoms with Gasteiger partial charge >= 0.3 is 0 Å². The number of ketones is 1.